The fourth-order valence-electron chi connectivity index (χ4n) is 0.723. The summed E-state index contributed by atoms with van der Waals surface area (Å²) in [7, 11) is 0. The summed E-state index contributed by atoms with van der Waals surface area (Å²) >= 11 is 2.99. The average molecular weight is 202 g/mol. The first-order valence-electron chi connectivity index (χ1n) is 3.59. The molecule has 0 amide bonds. The van der Waals surface area contributed by atoms with Crippen LogP contribution < -0.4 is 0 Å². The summed E-state index contributed by atoms with van der Waals surface area (Å²) < 4.78 is 7.19. The van der Waals surface area contributed by atoms with Gasteiger partial charge in [-0.25, -0.2) is 0 Å². The first kappa shape index (κ1) is 6.38. The highest BCUT2D eigenvalue weighted by Gasteiger charge is 2.01. The molecule has 0 bridgehead atoms. The summed E-state index contributed by atoms with van der Waals surface area (Å²) in [5.41, 5.74) is 0.768. The van der Waals surface area contributed by atoms with E-state index in [2.05, 4.69) is 15.9 Å². The molecule has 0 radical (unpaired) electrons. The number of benzene rings is 1. The molecule has 1 rings (SSSR count). The van der Waals surface area contributed by atoms with Crippen molar-refractivity contribution in [2.45, 2.75) is 6.10 Å². The minimum atomic E-state index is -0.740. The Morgan fingerprint density at radius 1 is 1.50 bits per heavy atom. The molecule has 0 aromatic heterocycles. The van der Waals surface area contributed by atoms with Crippen molar-refractivity contribution in [3.05, 3.63) is 35.9 Å². The quantitative estimate of drug-likeness (QED) is 0.728. The van der Waals surface area contributed by atoms with Crippen LogP contribution in [0.3, 0.4) is 0 Å². The lowest BCUT2D eigenvalue weighted by atomic mass is 10.1. The zero-order valence-electron chi connectivity index (χ0n) is 6.37. The third-order valence-corrected chi connectivity index (χ3v) is 1.76. The number of aliphatic hydroxyl groups is 1. The number of hydrogen-bond donors (Lipinski definition) is 1. The van der Waals surface area contributed by atoms with Gasteiger partial charge in [-0.05, 0) is 5.56 Å². The Morgan fingerprint density at radius 3 is 2.60 bits per heavy atom. The van der Waals surface area contributed by atoms with Crippen molar-refractivity contribution in [3.8, 4) is 0 Å². The number of aliphatic hydroxyl groups excluding tert-OH is 1. The first-order valence-corrected chi connectivity index (χ1v) is 3.92. The third-order valence-electron chi connectivity index (χ3n) is 1.26. The number of alkyl halides is 1. The number of hydrogen-bond acceptors (Lipinski definition) is 1. The van der Waals surface area contributed by atoms with Gasteiger partial charge in [0, 0.05) is 6.68 Å². The van der Waals surface area contributed by atoms with Gasteiger partial charge in [-0.15, -0.1) is 0 Å². The van der Waals surface area contributed by atoms with E-state index in [-0.39, 0.29) is 0 Å². The Labute approximate surface area is 70.2 Å². The van der Waals surface area contributed by atoms with Gasteiger partial charge in [0.05, 0.1) is 6.10 Å². The maximum Gasteiger partial charge on any atom is 0.0886 e. The molecule has 1 nitrogen and oxygen atoms in total. The number of rotatable bonds is 2. The van der Waals surface area contributed by atoms with Crippen molar-refractivity contribution in [1.29, 1.82) is 0 Å². The highest BCUT2D eigenvalue weighted by atomic mass is 79.9. The third kappa shape index (κ3) is 1.82. The Kier molecular flexibility index (Phi) is 2.38. The molecule has 2 atom stereocenters. The van der Waals surface area contributed by atoms with Crippen LogP contribution in [0.4, 0.5) is 0 Å². The van der Waals surface area contributed by atoms with E-state index in [0.29, 0.717) is 0 Å². The summed E-state index contributed by atoms with van der Waals surface area (Å²) in [4.78, 5) is 0. The lowest BCUT2D eigenvalue weighted by Crippen LogP contribution is -1.96. The van der Waals surface area contributed by atoms with Gasteiger partial charge in [0.2, 0.25) is 0 Å². The smallest absolute Gasteiger partial charge is 0.0886 e. The highest BCUT2D eigenvalue weighted by molar-refractivity contribution is 9.09. The lowest BCUT2D eigenvalue weighted by molar-refractivity contribution is 0.205. The van der Waals surface area contributed by atoms with Crippen molar-refractivity contribution in [2.24, 2.45) is 0 Å². The molecular formula is C8H9BrO. The molecule has 0 saturated carbocycles. The molecule has 0 fully saturated rings. The van der Waals surface area contributed by atoms with E-state index in [1.54, 1.807) is 12.1 Å². The minimum Gasteiger partial charge on any atom is -0.388 e. The van der Waals surface area contributed by atoms with Gasteiger partial charge in [-0.3, -0.25) is 0 Å². The fraction of sp³-hybridized carbons (Fsp3) is 0.250. The van der Waals surface area contributed by atoms with Gasteiger partial charge in [-0.2, -0.15) is 0 Å². The molecule has 0 aliphatic carbocycles. The van der Waals surface area contributed by atoms with Gasteiger partial charge >= 0.3 is 0 Å². The van der Waals surface area contributed by atoms with Gasteiger partial charge in [0.25, 0.3) is 0 Å². The Balaban J connectivity index is 2.77. The molecule has 0 heterocycles. The van der Waals surface area contributed by atoms with Crippen LogP contribution in [0.1, 0.15) is 13.0 Å². The van der Waals surface area contributed by atoms with Gasteiger partial charge < -0.3 is 5.11 Å². The fourth-order valence-corrected chi connectivity index (χ4v) is 1.03. The maximum atomic E-state index is 9.36. The molecule has 0 saturated heterocycles. The molecule has 1 unspecified atom stereocenters. The topological polar surface area (TPSA) is 20.2 Å². The molecule has 54 valence electrons. The van der Waals surface area contributed by atoms with Crippen LogP contribution in [0.5, 0.6) is 0 Å². The van der Waals surface area contributed by atoms with Crippen LogP contribution in [-0.2, 0) is 0 Å². The average Bonchev–Trinajstić information content (AvgIpc) is 2.05. The Morgan fingerprint density at radius 2 is 2.10 bits per heavy atom. The predicted molar refractivity (Wildman–Crippen MR) is 45.2 cm³/mol. The van der Waals surface area contributed by atoms with Crippen LogP contribution in [0.25, 0.3) is 0 Å². The van der Waals surface area contributed by atoms with Gasteiger partial charge in [0.1, 0.15) is 0 Å². The molecular weight excluding hydrogens is 192 g/mol. The molecule has 1 aromatic rings. The normalized spacial score (nSPS) is 17.6. The largest absolute Gasteiger partial charge is 0.388 e. The second-order valence-electron chi connectivity index (χ2n) is 1.98. The Hall–Kier alpha value is -0.340. The second kappa shape index (κ2) is 3.74. The van der Waals surface area contributed by atoms with E-state index in [0.717, 1.165) is 5.56 Å². The second-order valence-corrected chi connectivity index (χ2v) is 2.51. The van der Waals surface area contributed by atoms with E-state index >= 15 is 0 Å². The molecule has 0 aliphatic heterocycles. The SMILES string of the molecule is [2H][C@H](Br)C(O)c1ccccc1. The first-order chi connectivity index (χ1) is 5.22. The van der Waals surface area contributed by atoms with E-state index in [1.807, 2.05) is 18.2 Å². The Bertz CT molecular complexity index is 213. The maximum absolute atomic E-state index is 9.36. The summed E-state index contributed by atoms with van der Waals surface area (Å²) in [5, 5.41) is 8.72. The van der Waals surface area contributed by atoms with Crippen LogP contribution in [0, 0.1) is 0 Å². The standard InChI is InChI=1S/C8H9BrO/c9-6-8(10)7-4-2-1-3-5-7/h1-5,8,10H,6H2/i6D/t6-,8?/m0/s1. The predicted octanol–water partition coefficient (Wildman–Crippen LogP) is 2.11. The summed E-state index contributed by atoms with van der Waals surface area (Å²) in [6.45, 7) is 0. The van der Waals surface area contributed by atoms with Crippen molar-refractivity contribution in [2.75, 3.05) is 5.31 Å². The molecule has 1 N–H and O–H groups in total. The zero-order chi connectivity index (χ0) is 8.27. The van der Waals surface area contributed by atoms with Crippen LogP contribution in [0.2, 0.25) is 0 Å². The number of halogens is 1. The lowest BCUT2D eigenvalue weighted by Gasteiger charge is -2.04. The highest BCUT2D eigenvalue weighted by Crippen LogP contribution is 2.13. The molecule has 1 aromatic carbocycles. The van der Waals surface area contributed by atoms with Crippen molar-refractivity contribution in [1.82, 2.24) is 0 Å². The van der Waals surface area contributed by atoms with Gasteiger partial charge in [-0.1, -0.05) is 46.3 Å². The van der Waals surface area contributed by atoms with Gasteiger partial charge in [0.15, 0.2) is 0 Å². The molecule has 0 spiro atoms. The summed E-state index contributed by atoms with van der Waals surface area (Å²) in [6, 6.07) is 9.16. The van der Waals surface area contributed by atoms with Crippen molar-refractivity contribution in [3.63, 3.8) is 0 Å². The van der Waals surface area contributed by atoms with E-state index < -0.39 is 11.4 Å². The summed E-state index contributed by atoms with van der Waals surface area (Å²) in [6.07, 6.45) is -0.740. The summed E-state index contributed by atoms with van der Waals surface area (Å²) in [5.74, 6) is 0. The minimum absolute atomic E-state index is 0.648. The van der Waals surface area contributed by atoms with Crippen LogP contribution in [0.15, 0.2) is 30.3 Å². The van der Waals surface area contributed by atoms with Crippen LogP contribution >= 0.6 is 15.9 Å². The molecule has 0 aliphatic rings. The molecule has 2 heteroatoms. The zero-order valence-corrected chi connectivity index (χ0v) is 6.95. The molecule has 10 heavy (non-hydrogen) atoms. The monoisotopic (exact) mass is 201 g/mol. The van der Waals surface area contributed by atoms with Crippen LogP contribution in [-0.4, -0.2) is 10.4 Å². The van der Waals surface area contributed by atoms with E-state index in [4.69, 9.17) is 1.37 Å². The van der Waals surface area contributed by atoms with Crippen molar-refractivity contribution >= 4 is 15.9 Å². The van der Waals surface area contributed by atoms with Crippen molar-refractivity contribution < 1.29 is 6.48 Å². The van der Waals surface area contributed by atoms with E-state index in [9.17, 15) is 5.11 Å². The van der Waals surface area contributed by atoms with E-state index in [1.165, 1.54) is 0 Å².